The zero-order valence-electron chi connectivity index (χ0n) is 11.4. The van der Waals surface area contributed by atoms with E-state index in [9.17, 15) is 4.79 Å². The van der Waals surface area contributed by atoms with E-state index >= 15 is 0 Å². The summed E-state index contributed by atoms with van der Waals surface area (Å²) in [6, 6.07) is 7.52. The molecule has 0 aliphatic heterocycles. The molecule has 1 heterocycles. The second kappa shape index (κ2) is 6.02. The summed E-state index contributed by atoms with van der Waals surface area (Å²) < 4.78 is 0. The first kappa shape index (κ1) is 13.1. The summed E-state index contributed by atoms with van der Waals surface area (Å²) in [7, 11) is 0. The molecule has 4 heteroatoms. The molecule has 2 amide bonds. The van der Waals surface area contributed by atoms with Gasteiger partial charge in [-0.1, -0.05) is 17.5 Å². The van der Waals surface area contributed by atoms with E-state index in [0.717, 1.165) is 28.6 Å². The summed E-state index contributed by atoms with van der Waals surface area (Å²) in [6.45, 7) is 0.562. The number of rotatable bonds is 4. The fourth-order valence-corrected chi connectivity index (χ4v) is 2.15. The van der Waals surface area contributed by atoms with Gasteiger partial charge in [0.25, 0.3) is 0 Å². The van der Waals surface area contributed by atoms with Crippen LogP contribution >= 0.6 is 0 Å². The Bertz CT molecular complexity index is 800. The Morgan fingerprint density at radius 2 is 2.24 bits per heavy atom. The molecule has 1 aliphatic rings. The van der Waals surface area contributed by atoms with Gasteiger partial charge in [-0.15, -0.1) is 0 Å². The van der Waals surface area contributed by atoms with E-state index in [1.54, 1.807) is 6.08 Å². The van der Waals surface area contributed by atoms with E-state index in [-0.39, 0.29) is 6.03 Å². The fraction of sp³-hybridized carbons (Fsp3) is 0.118. The molecule has 1 aromatic carbocycles. The van der Waals surface area contributed by atoms with Crippen LogP contribution in [0.4, 0.5) is 10.5 Å². The van der Waals surface area contributed by atoms with Gasteiger partial charge in [-0.25, -0.2) is 4.79 Å². The van der Waals surface area contributed by atoms with E-state index in [1.807, 2.05) is 42.6 Å². The summed E-state index contributed by atoms with van der Waals surface area (Å²) in [4.78, 5) is 14.9. The Balaban J connectivity index is 1.53. The summed E-state index contributed by atoms with van der Waals surface area (Å²) >= 11 is 0. The van der Waals surface area contributed by atoms with E-state index < -0.39 is 0 Å². The zero-order chi connectivity index (χ0) is 14.5. The number of urea groups is 1. The smallest absolute Gasteiger partial charge is 0.319 e. The third-order valence-electron chi connectivity index (χ3n) is 3.20. The summed E-state index contributed by atoms with van der Waals surface area (Å²) in [5.74, 6) is 0. The molecule has 3 rings (SSSR count). The number of hydrogen-bond acceptors (Lipinski definition) is 1. The Kier molecular flexibility index (Phi) is 3.74. The number of hydrogen-bond donors (Lipinski definition) is 3. The number of H-pyrrole nitrogens is 1. The second-order valence-electron chi connectivity index (χ2n) is 4.73. The Morgan fingerprint density at radius 3 is 3.10 bits per heavy atom. The van der Waals surface area contributed by atoms with Crippen LogP contribution in [0.25, 0.3) is 10.9 Å². The number of fused-ring (bicyclic) bond motifs is 1. The van der Waals surface area contributed by atoms with Gasteiger partial charge in [0.2, 0.25) is 0 Å². The van der Waals surface area contributed by atoms with Crippen LogP contribution in [-0.4, -0.2) is 17.6 Å². The minimum Gasteiger partial charge on any atom is -0.361 e. The predicted molar refractivity (Wildman–Crippen MR) is 84.2 cm³/mol. The topological polar surface area (TPSA) is 56.9 Å². The molecule has 104 valence electrons. The van der Waals surface area contributed by atoms with E-state index in [2.05, 4.69) is 27.1 Å². The van der Waals surface area contributed by atoms with Crippen molar-refractivity contribution in [2.45, 2.75) is 6.42 Å². The van der Waals surface area contributed by atoms with Gasteiger partial charge in [0.05, 0.1) is 0 Å². The quantitative estimate of drug-likeness (QED) is 0.736. The van der Waals surface area contributed by atoms with Crippen molar-refractivity contribution >= 4 is 22.6 Å². The van der Waals surface area contributed by atoms with Crippen LogP contribution in [0.15, 0.2) is 65.7 Å². The van der Waals surface area contributed by atoms with Crippen LogP contribution in [-0.2, 0) is 0 Å². The maximum atomic E-state index is 11.8. The normalized spacial score (nSPS) is 12.5. The monoisotopic (exact) mass is 277 g/mol. The van der Waals surface area contributed by atoms with Crippen LogP contribution in [0, 0.1) is 0 Å². The molecule has 1 aromatic heterocycles. The molecule has 0 spiro atoms. The fourth-order valence-electron chi connectivity index (χ4n) is 2.15. The lowest BCUT2D eigenvalue weighted by Gasteiger charge is -2.07. The standard InChI is InChI=1S/C17H15N3O/c21-17(19-10-8-13-4-2-1-3-5-13)20-15-6-7-16-14(12-15)9-11-18-16/h1-2,4,6-7,9,11-12,18H,8,10H2,(H2,19,20,21). The molecule has 0 radical (unpaired) electrons. The molecule has 0 atom stereocenters. The van der Waals surface area contributed by atoms with Gasteiger partial charge >= 0.3 is 6.03 Å². The van der Waals surface area contributed by atoms with E-state index in [4.69, 9.17) is 0 Å². The molecule has 3 N–H and O–H groups in total. The highest BCUT2D eigenvalue weighted by Crippen LogP contribution is 2.17. The van der Waals surface area contributed by atoms with Crippen LogP contribution in [0.2, 0.25) is 0 Å². The van der Waals surface area contributed by atoms with Gasteiger partial charge in [-0.2, -0.15) is 0 Å². The molecule has 2 aromatic rings. The molecule has 4 nitrogen and oxygen atoms in total. The molecule has 1 aliphatic carbocycles. The minimum absolute atomic E-state index is 0.204. The predicted octanol–water partition coefficient (Wildman–Crippen LogP) is 3.49. The van der Waals surface area contributed by atoms with Crippen molar-refractivity contribution < 1.29 is 4.79 Å². The highest BCUT2D eigenvalue weighted by Gasteiger charge is 2.03. The van der Waals surface area contributed by atoms with Crippen LogP contribution < -0.4 is 10.6 Å². The first-order valence-electron chi connectivity index (χ1n) is 6.80. The van der Waals surface area contributed by atoms with Crippen molar-refractivity contribution in [3.8, 4) is 0 Å². The third-order valence-corrected chi connectivity index (χ3v) is 3.20. The SMILES string of the molecule is O=C(NCCC1=C=C=CC=C1)Nc1ccc2[nH]ccc2c1. The number of benzene rings is 1. The number of carbonyl (C=O) groups excluding carboxylic acids is 1. The molecule has 0 fully saturated rings. The average molecular weight is 277 g/mol. The van der Waals surface area contributed by atoms with Crippen LogP contribution in [0.5, 0.6) is 0 Å². The lowest BCUT2D eigenvalue weighted by molar-refractivity contribution is 0.252. The highest BCUT2D eigenvalue weighted by molar-refractivity contribution is 5.92. The van der Waals surface area contributed by atoms with Gasteiger partial charge < -0.3 is 15.6 Å². The number of aromatic nitrogens is 1. The summed E-state index contributed by atoms with van der Waals surface area (Å²) in [6.07, 6.45) is 8.30. The Hall–Kier alpha value is -2.93. The maximum absolute atomic E-state index is 11.8. The molecule has 21 heavy (non-hydrogen) atoms. The van der Waals surface area contributed by atoms with Crippen molar-refractivity contribution in [3.63, 3.8) is 0 Å². The molecule has 0 unspecified atom stereocenters. The molecular formula is C17H15N3O. The zero-order valence-corrected chi connectivity index (χ0v) is 11.4. The number of anilines is 1. The number of allylic oxidation sites excluding steroid dienone is 3. The van der Waals surface area contributed by atoms with Gasteiger partial charge in [0.15, 0.2) is 0 Å². The summed E-state index contributed by atoms with van der Waals surface area (Å²) in [5.41, 5.74) is 8.77. The van der Waals surface area contributed by atoms with E-state index in [1.165, 1.54) is 0 Å². The highest BCUT2D eigenvalue weighted by atomic mass is 16.2. The Labute approximate surface area is 122 Å². The Morgan fingerprint density at radius 1 is 1.29 bits per heavy atom. The number of aromatic amines is 1. The van der Waals surface area contributed by atoms with E-state index in [0.29, 0.717) is 6.54 Å². The van der Waals surface area contributed by atoms with Gasteiger partial charge in [0, 0.05) is 34.9 Å². The van der Waals surface area contributed by atoms with Gasteiger partial charge in [-0.3, -0.25) is 0 Å². The lowest BCUT2D eigenvalue weighted by atomic mass is 10.1. The first-order chi connectivity index (χ1) is 10.3. The lowest BCUT2D eigenvalue weighted by Crippen LogP contribution is -2.29. The second-order valence-corrected chi connectivity index (χ2v) is 4.73. The minimum atomic E-state index is -0.204. The van der Waals surface area contributed by atoms with Crippen molar-refractivity contribution in [2.24, 2.45) is 0 Å². The number of amides is 2. The molecule has 0 saturated carbocycles. The van der Waals surface area contributed by atoms with Gasteiger partial charge in [-0.05, 0) is 42.8 Å². The third kappa shape index (κ3) is 3.34. The van der Waals surface area contributed by atoms with Crippen LogP contribution in [0.3, 0.4) is 0 Å². The van der Waals surface area contributed by atoms with Crippen LogP contribution in [0.1, 0.15) is 6.42 Å². The molecular weight excluding hydrogens is 262 g/mol. The average Bonchev–Trinajstić information content (AvgIpc) is 2.96. The first-order valence-corrected chi connectivity index (χ1v) is 6.80. The number of nitrogens with one attached hydrogen (secondary N) is 3. The summed E-state index contributed by atoms with van der Waals surface area (Å²) in [5, 5.41) is 6.73. The maximum Gasteiger partial charge on any atom is 0.319 e. The number of carbonyl (C=O) groups is 1. The molecule has 0 bridgehead atoms. The van der Waals surface area contributed by atoms with Crippen molar-refractivity contribution in [1.82, 2.24) is 10.3 Å². The molecule has 0 saturated heterocycles. The van der Waals surface area contributed by atoms with Gasteiger partial charge in [0.1, 0.15) is 0 Å². The van der Waals surface area contributed by atoms with Crippen molar-refractivity contribution in [2.75, 3.05) is 11.9 Å². The van der Waals surface area contributed by atoms with Crippen molar-refractivity contribution in [3.05, 3.63) is 65.7 Å². The van der Waals surface area contributed by atoms with Crippen molar-refractivity contribution in [1.29, 1.82) is 0 Å². The largest absolute Gasteiger partial charge is 0.361 e.